The fourth-order valence-electron chi connectivity index (χ4n) is 1.82. The van der Waals surface area contributed by atoms with Crippen LogP contribution >= 0.6 is 0 Å². The minimum absolute atomic E-state index is 0.00495. The van der Waals surface area contributed by atoms with Gasteiger partial charge in [-0.2, -0.15) is 0 Å². The molecule has 0 aliphatic carbocycles. The zero-order valence-corrected chi connectivity index (χ0v) is 10.1. The van der Waals surface area contributed by atoms with Gasteiger partial charge in [0.1, 0.15) is 23.0 Å². The summed E-state index contributed by atoms with van der Waals surface area (Å²) in [6.07, 6.45) is 4.06. The Morgan fingerprint density at radius 3 is 1.68 bits per heavy atom. The van der Waals surface area contributed by atoms with E-state index in [2.05, 4.69) is 0 Å². The highest BCUT2D eigenvalue weighted by atomic mass is 16.3. The molecular formula is C15H14O4. The molecule has 0 spiro atoms. The van der Waals surface area contributed by atoms with Gasteiger partial charge in [-0.3, -0.25) is 0 Å². The normalized spacial score (nSPS) is 10.9. The van der Waals surface area contributed by atoms with Crippen molar-refractivity contribution >= 4 is 6.08 Å². The molecule has 0 fully saturated rings. The highest BCUT2D eigenvalue weighted by molar-refractivity contribution is 5.55. The molecule has 2 rings (SSSR count). The number of rotatable bonds is 3. The van der Waals surface area contributed by atoms with Crippen molar-refractivity contribution in [2.75, 3.05) is 0 Å². The molecule has 0 saturated carbocycles. The van der Waals surface area contributed by atoms with Crippen LogP contribution in [0.4, 0.5) is 0 Å². The molecule has 4 N–H and O–H groups in total. The van der Waals surface area contributed by atoms with Crippen LogP contribution in [0.5, 0.6) is 23.0 Å². The van der Waals surface area contributed by atoms with Crippen LogP contribution in [-0.4, -0.2) is 20.4 Å². The third kappa shape index (κ3) is 3.67. The molecule has 4 nitrogen and oxygen atoms in total. The highest BCUT2D eigenvalue weighted by Crippen LogP contribution is 2.23. The van der Waals surface area contributed by atoms with Crippen LogP contribution in [0.3, 0.4) is 0 Å². The van der Waals surface area contributed by atoms with E-state index in [-0.39, 0.29) is 23.0 Å². The molecule has 19 heavy (non-hydrogen) atoms. The second-order valence-corrected chi connectivity index (χ2v) is 4.25. The van der Waals surface area contributed by atoms with E-state index in [1.54, 1.807) is 18.2 Å². The zero-order valence-electron chi connectivity index (χ0n) is 10.1. The average Bonchev–Trinajstić information content (AvgIpc) is 2.26. The van der Waals surface area contributed by atoms with E-state index in [4.69, 9.17) is 0 Å². The first kappa shape index (κ1) is 12.8. The second-order valence-electron chi connectivity index (χ2n) is 4.25. The number of hydrogen-bond donors (Lipinski definition) is 4. The van der Waals surface area contributed by atoms with E-state index in [9.17, 15) is 20.4 Å². The van der Waals surface area contributed by atoms with Crippen LogP contribution < -0.4 is 0 Å². The number of phenolic OH excluding ortho intramolecular Hbond substituents is 4. The Morgan fingerprint density at radius 1 is 0.684 bits per heavy atom. The van der Waals surface area contributed by atoms with Gasteiger partial charge >= 0.3 is 0 Å². The maximum absolute atomic E-state index is 9.33. The Bertz CT molecular complexity index is 577. The Hall–Kier alpha value is -2.62. The van der Waals surface area contributed by atoms with Gasteiger partial charge in [-0.25, -0.2) is 0 Å². The fraction of sp³-hybridized carbons (Fsp3) is 0.0667. The van der Waals surface area contributed by atoms with Gasteiger partial charge in [-0.1, -0.05) is 12.2 Å². The molecule has 0 atom stereocenters. The van der Waals surface area contributed by atoms with Crippen molar-refractivity contribution in [1.29, 1.82) is 0 Å². The van der Waals surface area contributed by atoms with Crippen LogP contribution in [0.2, 0.25) is 0 Å². The summed E-state index contributed by atoms with van der Waals surface area (Å²) in [6, 6.07) is 8.69. The third-order valence-electron chi connectivity index (χ3n) is 2.55. The summed E-state index contributed by atoms with van der Waals surface area (Å²) in [5.74, 6) is 0.0149. The molecule has 2 aromatic carbocycles. The smallest absolute Gasteiger partial charge is 0.119 e. The summed E-state index contributed by atoms with van der Waals surface area (Å²) in [7, 11) is 0. The molecule has 0 aliphatic rings. The van der Waals surface area contributed by atoms with Gasteiger partial charge in [-0.05, 0) is 41.8 Å². The number of benzene rings is 2. The average molecular weight is 258 g/mol. The minimum Gasteiger partial charge on any atom is -0.508 e. The standard InChI is InChI=1S/C15H14O4/c16-12-4-10(5-13(17)8-12)2-1-3-11-6-14(18)9-15(19)7-11/h1-2,4-9,16-19H,3H2/b2-1+. The van der Waals surface area contributed by atoms with Gasteiger partial charge in [0, 0.05) is 12.1 Å². The first-order valence-electron chi connectivity index (χ1n) is 5.74. The Balaban J connectivity index is 2.11. The van der Waals surface area contributed by atoms with Gasteiger partial charge in [-0.15, -0.1) is 0 Å². The molecule has 0 saturated heterocycles. The lowest BCUT2D eigenvalue weighted by Gasteiger charge is -2.01. The van der Waals surface area contributed by atoms with Crippen molar-refractivity contribution in [3.8, 4) is 23.0 Å². The molecule has 0 aliphatic heterocycles. The molecule has 4 heteroatoms. The van der Waals surface area contributed by atoms with E-state index in [0.717, 1.165) is 5.56 Å². The van der Waals surface area contributed by atoms with Gasteiger partial charge in [0.05, 0.1) is 0 Å². The van der Waals surface area contributed by atoms with Crippen molar-refractivity contribution < 1.29 is 20.4 Å². The topological polar surface area (TPSA) is 80.9 Å². The molecule has 0 bridgehead atoms. The van der Waals surface area contributed by atoms with Gasteiger partial charge in [0.25, 0.3) is 0 Å². The van der Waals surface area contributed by atoms with Crippen molar-refractivity contribution in [2.45, 2.75) is 6.42 Å². The summed E-state index contributed by atoms with van der Waals surface area (Å²) in [5, 5.41) is 37.3. The first-order chi connectivity index (χ1) is 9.02. The maximum Gasteiger partial charge on any atom is 0.119 e. The summed E-state index contributed by atoms with van der Waals surface area (Å²) in [5.41, 5.74) is 1.43. The van der Waals surface area contributed by atoms with E-state index >= 15 is 0 Å². The second kappa shape index (κ2) is 5.35. The minimum atomic E-state index is -0.00495. The highest BCUT2D eigenvalue weighted by Gasteiger charge is 1.98. The quantitative estimate of drug-likeness (QED) is 0.682. The van der Waals surface area contributed by atoms with E-state index in [1.807, 2.05) is 6.08 Å². The van der Waals surface area contributed by atoms with Crippen LogP contribution in [0, 0.1) is 0 Å². The van der Waals surface area contributed by atoms with Gasteiger partial charge in [0.2, 0.25) is 0 Å². The molecule has 98 valence electrons. The van der Waals surface area contributed by atoms with Crippen molar-refractivity contribution in [3.63, 3.8) is 0 Å². The third-order valence-corrected chi connectivity index (χ3v) is 2.55. The summed E-state index contributed by atoms with van der Waals surface area (Å²) in [6.45, 7) is 0. The van der Waals surface area contributed by atoms with E-state index < -0.39 is 0 Å². The van der Waals surface area contributed by atoms with E-state index in [1.165, 1.54) is 24.3 Å². The first-order valence-corrected chi connectivity index (χ1v) is 5.74. The van der Waals surface area contributed by atoms with Crippen LogP contribution in [0.1, 0.15) is 11.1 Å². The molecule has 2 aromatic rings. The molecule has 0 amide bonds. The predicted octanol–water partition coefficient (Wildman–Crippen LogP) is 2.76. The van der Waals surface area contributed by atoms with Gasteiger partial charge in [0.15, 0.2) is 0 Å². The summed E-state index contributed by atoms with van der Waals surface area (Å²) >= 11 is 0. The predicted molar refractivity (Wildman–Crippen MR) is 72.3 cm³/mol. The number of hydrogen-bond acceptors (Lipinski definition) is 4. The van der Waals surface area contributed by atoms with Crippen LogP contribution in [0.15, 0.2) is 42.5 Å². The van der Waals surface area contributed by atoms with Crippen LogP contribution in [-0.2, 0) is 6.42 Å². The van der Waals surface area contributed by atoms with E-state index in [0.29, 0.717) is 12.0 Å². The Morgan fingerprint density at radius 2 is 1.16 bits per heavy atom. The molecule has 0 aromatic heterocycles. The van der Waals surface area contributed by atoms with Crippen molar-refractivity contribution in [3.05, 3.63) is 53.6 Å². The molecule has 0 unspecified atom stereocenters. The fourth-order valence-corrected chi connectivity index (χ4v) is 1.82. The Labute approximate surface area is 110 Å². The Kier molecular flexibility index (Phi) is 3.61. The van der Waals surface area contributed by atoms with Gasteiger partial charge < -0.3 is 20.4 Å². The molecular weight excluding hydrogens is 244 g/mol. The lowest BCUT2D eigenvalue weighted by atomic mass is 10.1. The number of allylic oxidation sites excluding steroid dienone is 1. The zero-order chi connectivity index (χ0) is 13.8. The lowest BCUT2D eigenvalue weighted by Crippen LogP contribution is -1.81. The maximum atomic E-state index is 9.33. The summed E-state index contributed by atoms with van der Waals surface area (Å²) in [4.78, 5) is 0. The number of phenols is 4. The molecule has 0 radical (unpaired) electrons. The SMILES string of the molecule is Oc1cc(O)cc(/C=C/Cc2cc(O)cc(O)c2)c1. The molecule has 0 heterocycles. The largest absolute Gasteiger partial charge is 0.508 e. The number of aromatic hydroxyl groups is 4. The van der Waals surface area contributed by atoms with Crippen molar-refractivity contribution in [1.82, 2.24) is 0 Å². The lowest BCUT2D eigenvalue weighted by molar-refractivity contribution is 0.449. The monoisotopic (exact) mass is 258 g/mol. The van der Waals surface area contributed by atoms with Crippen LogP contribution in [0.25, 0.3) is 6.08 Å². The van der Waals surface area contributed by atoms with Crippen molar-refractivity contribution in [2.24, 2.45) is 0 Å². The summed E-state index contributed by atoms with van der Waals surface area (Å²) < 4.78 is 0.